The predicted octanol–water partition coefficient (Wildman–Crippen LogP) is 2.49. The molecule has 1 saturated heterocycles. The third-order valence-electron chi connectivity index (χ3n) is 5.02. The average Bonchev–Trinajstić information content (AvgIpc) is 3.11. The van der Waals surface area contributed by atoms with Crippen LogP contribution in [0.15, 0.2) is 36.5 Å². The highest BCUT2D eigenvalue weighted by atomic mass is 16.5. The van der Waals surface area contributed by atoms with Crippen LogP contribution in [0.25, 0.3) is 0 Å². The fraction of sp³-hybridized carbons (Fsp3) is 0.333. The molecule has 1 fully saturated rings. The number of rotatable bonds is 2. The van der Waals surface area contributed by atoms with E-state index in [-0.39, 0.29) is 29.6 Å². The predicted molar refractivity (Wildman–Crippen MR) is 85.4 cm³/mol. The second-order valence-electron chi connectivity index (χ2n) is 6.31. The first-order valence-corrected chi connectivity index (χ1v) is 7.80. The van der Waals surface area contributed by atoms with Crippen molar-refractivity contribution < 1.29 is 14.3 Å². The number of fused-ring (bicyclic) bond motifs is 3. The normalized spacial score (nSPS) is 26.2. The van der Waals surface area contributed by atoms with E-state index in [1.807, 2.05) is 19.2 Å². The second kappa shape index (κ2) is 4.98. The van der Waals surface area contributed by atoms with Gasteiger partial charge in [-0.1, -0.05) is 6.92 Å². The Hall–Kier alpha value is -2.56. The number of anilines is 1. The molecule has 0 spiro atoms. The van der Waals surface area contributed by atoms with Gasteiger partial charge in [-0.25, -0.2) is 4.90 Å². The molecule has 1 N–H and O–H groups in total. The Morgan fingerprint density at radius 2 is 1.87 bits per heavy atom. The zero-order chi connectivity index (χ0) is 16.1. The topological polar surface area (TPSA) is 62.4 Å². The van der Waals surface area contributed by atoms with Crippen molar-refractivity contribution in [2.24, 2.45) is 11.8 Å². The molecule has 2 heterocycles. The van der Waals surface area contributed by atoms with Gasteiger partial charge in [0, 0.05) is 11.9 Å². The van der Waals surface area contributed by atoms with E-state index < -0.39 is 0 Å². The molecule has 1 aromatic carbocycles. The van der Waals surface area contributed by atoms with E-state index in [1.54, 1.807) is 31.4 Å². The van der Waals surface area contributed by atoms with Crippen LogP contribution >= 0.6 is 0 Å². The summed E-state index contributed by atoms with van der Waals surface area (Å²) in [5.74, 6) is -0.0121. The number of hydrogen-bond acceptors (Lipinski definition) is 3. The van der Waals surface area contributed by atoms with Crippen LogP contribution in [0.4, 0.5) is 5.69 Å². The monoisotopic (exact) mass is 310 g/mol. The number of methoxy groups -OCH3 is 1. The van der Waals surface area contributed by atoms with Gasteiger partial charge in [0.2, 0.25) is 11.8 Å². The molecule has 1 aromatic heterocycles. The Bertz CT molecular complexity index is 778. The summed E-state index contributed by atoms with van der Waals surface area (Å²) in [6, 6.07) is 8.98. The highest BCUT2D eigenvalue weighted by Crippen LogP contribution is 2.46. The summed E-state index contributed by atoms with van der Waals surface area (Å²) in [5, 5.41) is 0. The minimum Gasteiger partial charge on any atom is -0.497 e. The number of nitrogens with zero attached hydrogens (tertiary/aromatic N) is 1. The van der Waals surface area contributed by atoms with Gasteiger partial charge < -0.3 is 9.72 Å². The summed E-state index contributed by atoms with van der Waals surface area (Å²) >= 11 is 0. The molecule has 0 radical (unpaired) electrons. The number of ether oxygens (including phenoxy) is 1. The summed E-state index contributed by atoms with van der Waals surface area (Å²) < 4.78 is 5.14. The summed E-state index contributed by atoms with van der Waals surface area (Å²) in [4.78, 5) is 30.4. The minimum absolute atomic E-state index is 0.0930. The molecule has 1 aliphatic carbocycles. The van der Waals surface area contributed by atoms with Crippen molar-refractivity contribution in [3.8, 4) is 5.75 Å². The summed E-state index contributed by atoms with van der Waals surface area (Å²) in [6.07, 6.45) is 2.66. The van der Waals surface area contributed by atoms with Crippen LogP contribution in [-0.4, -0.2) is 23.9 Å². The number of carbonyl (C=O) groups is 2. The van der Waals surface area contributed by atoms with Crippen molar-refractivity contribution >= 4 is 17.5 Å². The number of amides is 2. The Labute approximate surface area is 134 Å². The van der Waals surface area contributed by atoms with Crippen molar-refractivity contribution in [2.45, 2.75) is 19.3 Å². The van der Waals surface area contributed by atoms with Gasteiger partial charge in [0.1, 0.15) is 5.75 Å². The average molecular weight is 310 g/mol. The number of nitrogens with one attached hydrogen (secondary N) is 1. The fourth-order valence-corrected chi connectivity index (χ4v) is 3.91. The molecule has 5 heteroatoms. The Morgan fingerprint density at radius 3 is 2.57 bits per heavy atom. The molecular weight excluding hydrogens is 292 g/mol. The van der Waals surface area contributed by atoms with E-state index in [0.717, 1.165) is 17.7 Å². The molecule has 0 saturated carbocycles. The first-order valence-electron chi connectivity index (χ1n) is 7.80. The molecule has 1 unspecified atom stereocenters. The number of aromatic amines is 1. The minimum atomic E-state index is -0.366. The smallest absolute Gasteiger partial charge is 0.242 e. The molecule has 2 amide bonds. The summed E-state index contributed by atoms with van der Waals surface area (Å²) in [6.45, 7) is 2.05. The van der Waals surface area contributed by atoms with Gasteiger partial charge >= 0.3 is 0 Å². The molecule has 2 aromatic rings. The van der Waals surface area contributed by atoms with Gasteiger partial charge in [0.05, 0.1) is 24.6 Å². The lowest BCUT2D eigenvalue weighted by atomic mass is 9.73. The molecule has 4 rings (SSSR count). The number of hydrogen-bond donors (Lipinski definition) is 1. The lowest BCUT2D eigenvalue weighted by molar-refractivity contribution is -0.122. The largest absolute Gasteiger partial charge is 0.497 e. The van der Waals surface area contributed by atoms with Gasteiger partial charge in [0.25, 0.3) is 0 Å². The van der Waals surface area contributed by atoms with Crippen LogP contribution in [0.1, 0.15) is 24.1 Å². The zero-order valence-corrected chi connectivity index (χ0v) is 13.1. The van der Waals surface area contributed by atoms with E-state index in [0.29, 0.717) is 11.4 Å². The number of aromatic nitrogens is 1. The fourth-order valence-electron chi connectivity index (χ4n) is 3.91. The third kappa shape index (κ3) is 1.92. The SMILES string of the molecule is COc1ccc(N2C(=O)[C@@H]3c4cc[nH]c4CC(C)[C@@H]3C2=O)cc1. The summed E-state index contributed by atoms with van der Waals surface area (Å²) in [7, 11) is 1.59. The maximum Gasteiger partial charge on any atom is 0.242 e. The van der Waals surface area contributed by atoms with Crippen LogP contribution < -0.4 is 9.64 Å². The van der Waals surface area contributed by atoms with Crippen molar-refractivity contribution in [1.82, 2.24) is 4.98 Å². The van der Waals surface area contributed by atoms with Gasteiger partial charge in [-0.05, 0) is 48.2 Å². The first-order chi connectivity index (χ1) is 11.1. The number of carbonyl (C=O) groups excluding carboxylic acids is 2. The highest BCUT2D eigenvalue weighted by molar-refractivity contribution is 6.24. The van der Waals surface area contributed by atoms with Crippen LogP contribution in [0.5, 0.6) is 5.75 Å². The molecule has 5 nitrogen and oxygen atoms in total. The standard InChI is InChI=1S/C18H18N2O3/c1-10-9-14-13(7-8-19-14)16-15(10)17(21)20(18(16)22)11-3-5-12(23-2)6-4-11/h3-8,10,15-16,19H,9H2,1-2H3/t10?,15-,16+/m0/s1. The Balaban J connectivity index is 1.76. The maximum absolute atomic E-state index is 13.0. The lowest BCUT2D eigenvalue weighted by Crippen LogP contribution is -2.32. The summed E-state index contributed by atoms with van der Waals surface area (Å²) in [5.41, 5.74) is 2.67. The van der Waals surface area contributed by atoms with E-state index >= 15 is 0 Å². The molecule has 0 bridgehead atoms. The molecule has 1 aliphatic heterocycles. The van der Waals surface area contributed by atoms with Gasteiger partial charge in [-0.3, -0.25) is 9.59 Å². The van der Waals surface area contributed by atoms with E-state index in [4.69, 9.17) is 4.74 Å². The maximum atomic E-state index is 13.0. The third-order valence-corrected chi connectivity index (χ3v) is 5.02. The van der Waals surface area contributed by atoms with Gasteiger partial charge in [-0.2, -0.15) is 0 Å². The Kier molecular flexibility index (Phi) is 3.04. The van der Waals surface area contributed by atoms with Crippen molar-refractivity contribution in [3.63, 3.8) is 0 Å². The molecule has 23 heavy (non-hydrogen) atoms. The van der Waals surface area contributed by atoms with Gasteiger partial charge in [-0.15, -0.1) is 0 Å². The van der Waals surface area contributed by atoms with E-state index in [2.05, 4.69) is 4.98 Å². The Morgan fingerprint density at radius 1 is 1.13 bits per heavy atom. The van der Waals surface area contributed by atoms with Crippen LogP contribution in [0, 0.1) is 11.8 Å². The lowest BCUT2D eigenvalue weighted by Gasteiger charge is -2.27. The number of imide groups is 1. The van der Waals surface area contributed by atoms with Gasteiger partial charge in [0.15, 0.2) is 0 Å². The first kappa shape index (κ1) is 14.1. The quantitative estimate of drug-likeness (QED) is 0.867. The molecule has 2 aliphatic rings. The number of H-pyrrole nitrogens is 1. The van der Waals surface area contributed by atoms with Crippen LogP contribution in [-0.2, 0) is 16.0 Å². The van der Waals surface area contributed by atoms with E-state index in [9.17, 15) is 9.59 Å². The number of benzene rings is 1. The second-order valence-corrected chi connectivity index (χ2v) is 6.31. The molecular formula is C18H18N2O3. The van der Waals surface area contributed by atoms with Crippen LogP contribution in [0.2, 0.25) is 0 Å². The van der Waals surface area contributed by atoms with Crippen LogP contribution in [0.3, 0.4) is 0 Å². The van der Waals surface area contributed by atoms with Crippen molar-refractivity contribution in [3.05, 3.63) is 47.8 Å². The molecule has 3 atom stereocenters. The van der Waals surface area contributed by atoms with Crippen molar-refractivity contribution in [2.75, 3.05) is 12.0 Å². The zero-order valence-electron chi connectivity index (χ0n) is 13.1. The van der Waals surface area contributed by atoms with Crippen molar-refractivity contribution in [1.29, 1.82) is 0 Å². The van der Waals surface area contributed by atoms with E-state index in [1.165, 1.54) is 4.90 Å². The highest BCUT2D eigenvalue weighted by Gasteiger charge is 2.53. The molecule has 118 valence electrons.